The summed E-state index contributed by atoms with van der Waals surface area (Å²) in [5.74, 6) is 1.10. The quantitative estimate of drug-likeness (QED) is 0.944. The average Bonchev–Trinajstić information content (AvgIpc) is 2.99. The van der Waals surface area contributed by atoms with E-state index in [9.17, 15) is 4.79 Å². The van der Waals surface area contributed by atoms with Gasteiger partial charge in [-0.15, -0.1) is 11.3 Å². The zero-order valence-corrected chi connectivity index (χ0v) is 11.8. The number of carbonyl (C=O) groups excluding carboxylic acids is 1. The van der Waals surface area contributed by atoms with Crippen molar-refractivity contribution in [1.29, 1.82) is 0 Å². The van der Waals surface area contributed by atoms with E-state index >= 15 is 0 Å². The number of nitrogens with zero attached hydrogens (tertiary/aromatic N) is 1. The van der Waals surface area contributed by atoms with Gasteiger partial charge in [0.25, 0.3) is 0 Å². The molecule has 0 saturated heterocycles. The van der Waals surface area contributed by atoms with Crippen LogP contribution in [0.2, 0.25) is 0 Å². The van der Waals surface area contributed by atoms with E-state index in [1.165, 1.54) is 11.3 Å². The fourth-order valence-electron chi connectivity index (χ4n) is 1.99. The second-order valence-corrected chi connectivity index (χ2v) is 5.37. The summed E-state index contributed by atoms with van der Waals surface area (Å²) in [4.78, 5) is 16.1. The molecule has 6 heteroatoms. The summed E-state index contributed by atoms with van der Waals surface area (Å²) in [6, 6.07) is 5.61. The van der Waals surface area contributed by atoms with Crippen LogP contribution in [0.4, 0.5) is 5.00 Å². The van der Waals surface area contributed by atoms with E-state index in [0.717, 1.165) is 16.3 Å². The topological polar surface area (TPSA) is 60.5 Å². The van der Waals surface area contributed by atoms with Gasteiger partial charge < -0.3 is 14.8 Å². The van der Waals surface area contributed by atoms with Crippen molar-refractivity contribution in [3.05, 3.63) is 35.5 Å². The number of anilines is 1. The van der Waals surface area contributed by atoms with Gasteiger partial charge in [-0.3, -0.25) is 9.78 Å². The first-order valence-electron chi connectivity index (χ1n) is 6.33. The van der Waals surface area contributed by atoms with Crippen LogP contribution in [-0.2, 0) is 4.79 Å². The first-order chi connectivity index (χ1) is 9.74. The zero-order valence-electron chi connectivity index (χ0n) is 11.0. The van der Waals surface area contributed by atoms with Crippen LogP contribution in [0.5, 0.6) is 11.5 Å². The number of aromatic nitrogens is 1. The number of rotatable bonds is 3. The standard InChI is InChI=1S/C14H14N2O3S/c1-9(14(17)16-13-7-15-8-20-13)10-2-3-11-12(6-10)19-5-4-18-11/h2-3,6-9H,4-5H2,1H3,(H,16,17). The summed E-state index contributed by atoms with van der Waals surface area (Å²) in [5.41, 5.74) is 2.58. The molecule has 1 aromatic carbocycles. The average molecular weight is 290 g/mol. The minimum Gasteiger partial charge on any atom is -0.486 e. The number of fused-ring (bicyclic) bond motifs is 1. The first kappa shape index (κ1) is 12.9. The van der Waals surface area contributed by atoms with Gasteiger partial charge in [0.05, 0.1) is 17.6 Å². The largest absolute Gasteiger partial charge is 0.486 e. The second-order valence-electron chi connectivity index (χ2n) is 4.48. The van der Waals surface area contributed by atoms with Crippen LogP contribution in [0.3, 0.4) is 0 Å². The third kappa shape index (κ3) is 2.60. The second kappa shape index (κ2) is 5.50. The van der Waals surface area contributed by atoms with Gasteiger partial charge >= 0.3 is 0 Å². The highest BCUT2D eigenvalue weighted by molar-refractivity contribution is 7.13. The molecule has 0 saturated carbocycles. The van der Waals surface area contributed by atoms with Gasteiger partial charge in [-0.2, -0.15) is 0 Å². The Kier molecular flexibility index (Phi) is 3.56. The van der Waals surface area contributed by atoms with Crippen LogP contribution in [0.15, 0.2) is 29.9 Å². The van der Waals surface area contributed by atoms with E-state index in [1.54, 1.807) is 11.7 Å². The predicted octanol–water partition coefficient (Wildman–Crippen LogP) is 2.66. The van der Waals surface area contributed by atoms with Crippen molar-refractivity contribution in [1.82, 2.24) is 4.98 Å². The molecule has 1 atom stereocenters. The Morgan fingerprint density at radius 1 is 1.35 bits per heavy atom. The van der Waals surface area contributed by atoms with Gasteiger partial charge in [-0.05, 0) is 24.6 Å². The molecule has 104 valence electrons. The SMILES string of the molecule is CC(C(=O)Nc1cncs1)c1ccc2c(c1)OCCO2. The van der Waals surface area contributed by atoms with Crippen LogP contribution < -0.4 is 14.8 Å². The molecule has 2 aromatic rings. The van der Waals surface area contributed by atoms with Crippen molar-refractivity contribution in [3.8, 4) is 11.5 Å². The maximum Gasteiger partial charge on any atom is 0.232 e. The third-order valence-electron chi connectivity index (χ3n) is 3.14. The van der Waals surface area contributed by atoms with Crippen molar-refractivity contribution in [2.75, 3.05) is 18.5 Å². The number of hydrogen-bond acceptors (Lipinski definition) is 5. The highest BCUT2D eigenvalue weighted by Crippen LogP contribution is 2.33. The Balaban J connectivity index is 1.76. The highest BCUT2D eigenvalue weighted by atomic mass is 32.1. The predicted molar refractivity (Wildman–Crippen MR) is 76.6 cm³/mol. The Morgan fingerprint density at radius 3 is 2.90 bits per heavy atom. The molecule has 1 N–H and O–H groups in total. The Morgan fingerprint density at radius 2 is 2.15 bits per heavy atom. The maximum absolute atomic E-state index is 12.2. The van der Waals surface area contributed by atoms with Crippen LogP contribution >= 0.6 is 11.3 Å². The lowest BCUT2D eigenvalue weighted by atomic mass is 10.00. The van der Waals surface area contributed by atoms with E-state index in [-0.39, 0.29) is 11.8 Å². The molecule has 0 fully saturated rings. The maximum atomic E-state index is 12.2. The minimum atomic E-state index is -0.270. The van der Waals surface area contributed by atoms with Gasteiger partial charge in [0.2, 0.25) is 5.91 Å². The summed E-state index contributed by atoms with van der Waals surface area (Å²) in [6.07, 6.45) is 1.64. The molecule has 1 aliphatic rings. The number of hydrogen-bond donors (Lipinski definition) is 1. The van der Waals surface area contributed by atoms with Crippen molar-refractivity contribution in [2.45, 2.75) is 12.8 Å². The molecule has 1 unspecified atom stereocenters. The van der Waals surface area contributed by atoms with E-state index in [2.05, 4.69) is 10.3 Å². The van der Waals surface area contributed by atoms with E-state index in [0.29, 0.717) is 19.0 Å². The lowest BCUT2D eigenvalue weighted by molar-refractivity contribution is -0.117. The van der Waals surface area contributed by atoms with Gasteiger partial charge in [-0.25, -0.2) is 0 Å². The number of thiazole rings is 1. The van der Waals surface area contributed by atoms with Crippen molar-refractivity contribution in [2.24, 2.45) is 0 Å². The molecular formula is C14H14N2O3S. The van der Waals surface area contributed by atoms with Gasteiger partial charge in [0, 0.05) is 0 Å². The van der Waals surface area contributed by atoms with Crippen LogP contribution in [0.25, 0.3) is 0 Å². The third-order valence-corrected chi connectivity index (χ3v) is 3.83. The van der Waals surface area contributed by atoms with E-state index in [4.69, 9.17) is 9.47 Å². The van der Waals surface area contributed by atoms with Gasteiger partial charge in [0.15, 0.2) is 11.5 Å². The van der Waals surface area contributed by atoms with Crippen LogP contribution in [0.1, 0.15) is 18.4 Å². The molecule has 0 radical (unpaired) electrons. The summed E-state index contributed by atoms with van der Waals surface area (Å²) in [7, 11) is 0. The molecule has 20 heavy (non-hydrogen) atoms. The molecule has 0 bridgehead atoms. The Labute approximate surface area is 120 Å². The zero-order chi connectivity index (χ0) is 13.9. The Hall–Kier alpha value is -2.08. The molecule has 1 aromatic heterocycles. The van der Waals surface area contributed by atoms with Crippen LogP contribution in [-0.4, -0.2) is 24.1 Å². The number of benzene rings is 1. The summed E-state index contributed by atoms with van der Waals surface area (Å²) < 4.78 is 11.0. The highest BCUT2D eigenvalue weighted by Gasteiger charge is 2.19. The minimum absolute atomic E-state index is 0.0640. The van der Waals surface area contributed by atoms with E-state index in [1.807, 2.05) is 25.1 Å². The number of ether oxygens (including phenoxy) is 2. The molecule has 5 nitrogen and oxygen atoms in total. The van der Waals surface area contributed by atoms with Gasteiger partial charge in [-0.1, -0.05) is 6.07 Å². The normalized spacial score (nSPS) is 14.7. The molecule has 0 spiro atoms. The van der Waals surface area contributed by atoms with Crippen molar-refractivity contribution in [3.63, 3.8) is 0 Å². The molecule has 2 heterocycles. The summed E-state index contributed by atoms with van der Waals surface area (Å²) >= 11 is 1.40. The van der Waals surface area contributed by atoms with Crippen molar-refractivity contribution < 1.29 is 14.3 Å². The molecule has 1 amide bonds. The smallest absolute Gasteiger partial charge is 0.232 e. The van der Waals surface area contributed by atoms with E-state index < -0.39 is 0 Å². The van der Waals surface area contributed by atoms with Crippen LogP contribution in [0, 0.1) is 0 Å². The summed E-state index contributed by atoms with van der Waals surface area (Å²) in [5, 5.41) is 3.59. The van der Waals surface area contributed by atoms with Gasteiger partial charge in [0.1, 0.15) is 18.2 Å². The Bertz CT molecular complexity index is 613. The monoisotopic (exact) mass is 290 g/mol. The van der Waals surface area contributed by atoms with Crippen molar-refractivity contribution >= 4 is 22.2 Å². The number of carbonyl (C=O) groups is 1. The molecule has 0 aliphatic carbocycles. The fourth-order valence-corrected chi connectivity index (χ4v) is 2.50. The first-order valence-corrected chi connectivity index (χ1v) is 7.21. The summed E-state index contributed by atoms with van der Waals surface area (Å²) in [6.45, 7) is 2.97. The number of nitrogens with one attached hydrogen (secondary N) is 1. The molecular weight excluding hydrogens is 276 g/mol. The lowest BCUT2D eigenvalue weighted by Crippen LogP contribution is -2.19. The molecule has 3 rings (SSSR count). The number of amides is 1. The molecule has 1 aliphatic heterocycles. The lowest BCUT2D eigenvalue weighted by Gasteiger charge is -2.20. The fraction of sp³-hybridized carbons (Fsp3) is 0.286.